The summed E-state index contributed by atoms with van der Waals surface area (Å²) in [6.07, 6.45) is 0. The Balaban J connectivity index is 1.68. The van der Waals surface area contributed by atoms with Crippen LogP contribution >= 0.6 is 11.8 Å². The van der Waals surface area contributed by atoms with Gasteiger partial charge in [0.1, 0.15) is 5.82 Å². The Hall–Kier alpha value is -3.70. The zero-order chi connectivity index (χ0) is 22.6. The summed E-state index contributed by atoms with van der Waals surface area (Å²) in [6.45, 7) is 0. The lowest BCUT2D eigenvalue weighted by atomic mass is 9.95. The number of thioether (sulfide) groups is 1. The molecule has 1 aliphatic heterocycles. The Morgan fingerprint density at radius 2 is 1.33 bits per heavy atom. The molecule has 1 fully saturated rings. The molecule has 0 aliphatic carbocycles. The molecule has 162 valence electrons. The third-order valence-corrected chi connectivity index (χ3v) is 6.77. The number of benzene rings is 4. The van der Waals surface area contributed by atoms with E-state index in [1.54, 1.807) is 0 Å². The molecule has 0 radical (unpaired) electrons. The Morgan fingerprint density at radius 1 is 0.758 bits per heavy atom. The molecule has 1 saturated heterocycles. The van der Waals surface area contributed by atoms with Crippen LogP contribution in [0.25, 0.3) is 0 Å². The number of amidine groups is 1. The number of halogens is 1. The van der Waals surface area contributed by atoms with Crippen molar-refractivity contribution in [1.82, 2.24) is 0 Å². The van der Waals surface area contributed by atoms with E-state index < -0.39 is 0 Å². The van der Waals surface area contributed by atoms with E-state index in [2.05, 4.69) is 12.1 Å². The first kappa shape index (κ1) is 21.2. The van der Waals surface area contributed by atoms with E-state index in [9.17, 15) is 4.39 Å². The molecule has 33 heavy (non-hydrogen) atoms. The molecule has 0 spiro atoms. The lowest BCUT2D eigenvalue weighted by Crippen LogP contribution is -2.33. The van der Waals surface area contributed by atoms with Crippen LogP contribution in [0, 0.1) is 11.2 Å². The van der Waals surface area contributed by atoms with E-state index in [0.29, 0.717) is 5.17 Å². The van der Waals surface area contributed by atoms with Crippen molar-refractivity contribution < 1.29 is 4.39 Å². The largest absolute Gasteiger partial charge is 0.312 e. The van der Waals surface area contributed by atoms with Crippen molar-refractivity contribution in [1.29, 1.82) is 5.41 Å². The van der Waals surface area contributed by atoms with Crippen molar-refractivity contribution in [3.8, 4) is 0 Å². The van der Waals surface area contributed by atoms with Gasteiger partial charge in [0.2, 0.25) is 0 Å². The summed E-state index contributed by atoms with van der Waals surface area (Å²) in [4.78, 5) is 7.08. The van der Waals surface area contributed by atoms with E-state index in [1.807, 2.05) is 95.9 Å². The summed E-state index contributed by atoms with van der Waals surface area (Å²) in [5.41, 5.74) is 4.63. The van der Waals surface area contributed by atoms with E-state index in [-0.39, 0.29) is 17.1 Å². The van der Waals surface area contributed by atoms with Crippen LogP contribution < -0.4 is 4.90 Å². The van der Waals surface area contributed by atoms with Gasteiger partial charge in [-0.05, 0) is 47.5 Å². The van der Waals surface area contributed by atoms with Crippen LogP contribution in [0.5, 0.6) is 0 Å². The quantitative estimate of drug-likeness (QED) is 0.325. The Morgan fingerprint density at radius 3 is 1.97 bits per heavy atom. The molecule has 0 amide bonds. The normalized spacial score (nSPS) is 18.5. The number of hydrogen-bond acceptors (Lipinski definition) is 3. The van der Waals surface area contributed by atoms with Crippen LogP contribution in [0.1, 0.15) is 17.2 Å². The van der Waals surface area contributed by atoms with Gasteiger partial charge in [0.25, 0.3) is 0 Å². The summed E-state index contributed by atoms with van der Waals surface area (Å²) in [7, 11) is 0. The van der Waals surface area contributed by atoms with Gasteiger partial charge in [-0.25, -0.2) is 4.39 Å². The Bertz CT molecular complexity index is 1260. The second-order valence-electron chi connectivity index (χ2n) is 7.74. The molecular formula is C28H22FN3S. The minimum Gasteiger partial charge on any atom is -0.312 e. The fourth-order valence-corrected chi connectivity index (χ4v) is 5.38. The highest BCUT2D eigenvalue weighted by Gasteiger charge is 2.43. The first-order valence-electron chi connectivity index (χ1n) is 10.7. The molecule has 5 heteroatoms. The van der Waals surface area contributed by atoms with E-state index in [4.69, 9.17) is 10.4 Å². The monoisotopic (exact) mass is 451 g/mol. The van der Waals surface area contributed by atoms with Gasteiger partial charge in [-0.1, -0.05) is 90.6 Å². The molecule has 2 atom stereocenters. The summed E-state index contributed by atoms with van der Waals surface area (Å²) in [6, 6.07) is 36.3. The van der Waals surface area contributed by atoms with Gasteiger partial charge in [-0.2, -0.15) is 0 Å². The van der Waals surface area contributed by atoms with Crippen molar-refractivity contribution >= 4 is 34.0 Å². The molecule has 4 aromatic rings. The molecule has 0 unspecified atom stereocenters. The van der Waals surface area contributed by atoms with Crippen LogP contribution in [0.15, 0.2) is 120 Å². The van der Waals surface area contributed by atoms with Crippen molar-refractivity contribution in [3.63, 3.8) is 0 Å². The second kappa shape index (κ2) is 9.43. The highest BCUT2D eigenvalue weighted by molar-refractivity contribution is 8.15. The van der Waals surface area contributed by atoms with Gasteiger partial charge in [0, 0.05) is 5.69 Å². The summed E-state index contributed by atoms with van der Waals surface area (Å²) in [5, 5.41) is 9.17. The zero-order valence-electron chi connectivity index (χ0n) is 17.8. The minimum absolute atomic E-state index is 0.161. The van der Waals surface area contributed by atoms with Gasteiger partial charge in [0.15, 0.2) is 5.17 Å². The average molecular weight is 452 g/mol. The predicted octanol–water partition coefficient (Wildman–Crippen LogP) is 7.24. The van der Waals surface area contributed by atoms with Gasteiger partial charge < -0.3 is 4.90 Å². The van der Waals surface area contributed by atoms with Crippen LogP contribution in [-0.4, -0.2) is 16.1 Å². The maximum absolute atomic E-state index is 13.8. The third-order valence-electron chi connectivity index (χ3n) is 5.61. The molecule has 3 nitrogen and oxygen atoms in total. The topological polar surface area (TPSA) is 39.5 Å². The van der Waals surface area contributed by atoms with Crippen LogP contribution in [0.3, 0.4) is 0 Å². The minimum atomic E-state index is -0.275. The zero-order valence-corrected chi connectivity index (χ0v) is 18.6. The molecule has 4 aromatic carbocycles. The standard InChI is InChI=1S/C28H22FN3S/c29-22-18-16-21(17-19-22)26-27(33-28(30)32(26)24-14-8-3-9-15-24)25(20-10-4-1-5-11-20)31-23-12-6-2-7-13-23/h1-19,26-27,30H/t26-,27+/m1/s1. The molecule has 5 rings (SSSR count). The van der Waals surface area contributed by atoms with Crippen molar-refractivity contribution in [2.24, 2.45) is 4.99 Å². The fraction of sp³-hybridized carbons (Fsp3) is 0.0714. The Labute approximate surface area is 197 Å². The SMILES string of the molecule is N=C1S[C@@H](C(=Nc2ccccc2)c2ccccc2)[C@@H](c2ccc(F)cc2)N1c1ccccc1. The molecular weight excluding hydrogens is 429 g/mol. The highest BCUT2D eigenvalue weighted by atomic mass is 32.2. The summed E-state index contributed by atoms with van der Waals surface area (Å²) in [5.74, 6) is -0.275. The first-order chi connectivity index (χ1) is 16.2. The number of hydrogen-bond donors (Lipinski definition) is 1. The second-order valence-corrected chi connectivity index (χ2v) is 8.87. The molecule has 1 N–H and O–H groups in total. The number of aliphatic imine (C=N–C) groups is 1. The molecule has 0 saturated carbocycles. The third kappa shape index (κ3) is 4.45. The number of rotatable bonds is 5. The number of anilines is 1. The number of para-hydroxylation sites is 2. The molecule has 1 heterocycles. The highest BCUT2D eigenvalue weighted by Crippen LogP contribution is 2.46. The smallest absolute Gasteiger partial charge is 0.162 e. The number of nitrogens with zero attached hydrogens (tertiary/aromatic N) is 2. The number of nitrogens with one attached hydrogen (secondary N) is 1. The van der Waals surface area contributed by atoms with E-state index in [1.165, 1.54) is 23.9 Å². The van der Waals surface area contributed by atoms with Gasteiger partial charge >= 0.3 is 0 Å². The average Bonchev–Trinajstić information content (AvgIpc) is 3.21. The molecule has 0 aromatic heterocycles. The van der Waals surface area contributed by atoms with E-state index >= 15 is 0 Å². The summed E-state index contributed by atoms with van der Waals surface area (Å²) < 4.78 is 13.8. The van der Waals surface area contributed by atoms with Crippen LogP contribution in [-0.2, 0) is 0 Å². The van der Waals surface area contributed by atoms with Gasteiger partial charge in [0.05, 0.1) is 22.7 Å². The van der Waals surface area contributed by atoms with E-state index in [0.717, 1.165) is 28.2 Å². The van der Waals surface area contributed by atoms with Crippen LogP contribution in [0.4, 0.5) is 15.8 Å². The molecule has 1 aliphatic rings. The maximum Gasteiger partial charge on any atom is 0.162 e. The Kier molecular flexibility index (Phi) is 6.05. The predicted molar refractivity (Wildman–Crippen MR) is 136 cm³/mol. The van der Waals surface area contributed by atoms with Crippen molar-refractivity contribution in [3.05, 3.63) is 132 Å². The lowest BCUT2D eigenvalue weighted by Gasteiger charge is -2.29. The fourth-order valence-electron chi connectivity index (χ4n) is 4.10. The van der Waals surface area contributed by atoms with Crippen LogP contribution in [0.2, 0.25) is 0 Å². The summed E-state index contributed by atoms with van der Waals surface area (Å²) >= 11 is 1.48. The van der Waals surface area contributed by atoms with Gasteiger partial charge in [-0.15, -0.1) is 0 Å². The maximum atomic E-state index is 13.8. The van der Waals surface area contributed by atoms with Crippen molar-refractivity contribution in [2.75, 3.05) is 4.90 Å². The lowest BCUT2D eigenvalue weighted by molar-refractivity contribution is 0.625. The first-order valence-corrected chi connectivity index (χ1v) is 11.6. The van der Waals surface area contributed by atoms with Gasteiger partial charge in [-0.3, -0.25) is 10.4 Å². The molecule has 0 bridgehead atoms. The van der Waals surface area contributed by atoms with Crippen molar-refractivity contribution in [2.45, 2.75) is 11.3 Å².